The minimum Gasteiger partial charge on any atom is -0.493 e. The average molecular weight is 378 g/mol. The fourth-order valence-corrected chi connectivity index (χ4v) is 4.50. The van der Waals surface area contributed by atoms with Crippen LogP contribution in [0.15, 0.2) is 24.3 Å². The molecule has 0 N–H and O–H groups in total. The molecule has 7 nitrogen and oxygen atoms in total. The third-order valence-electron chi connectivity index (χ3n) is 5.75. The van der Waals surface area contributed by atoms with Crippen molar-refractivity contribution in [2.24, 2.45) is 0 Å². The summed E-state index contributed by atoms with van der Waals surface area (Å²) in [7, 11) is 3.06. The molecule has 0 aromatic heterocycles. The highest BCUT2D eigenvalue weighted by Crippen LogP contribution is 2.51. The van der Waals surface area contributed by atoms with Crippen LogP contribution in [0.5, 0.6) is 23.0 Å². The minimum atomic E-state index is -0.518. The molecule has 3 heterocycles. The summed E-state index contributed by atoms with van der Waals surface area (Å²) in [4.78, 5) is 15.0. The van der Waals surface area contributed by atoms with Gasteiger partial charge in [0.25, 0.3) is 5.91 Å². The lowest BCUT2D eigenvalue weighted by Gasteiger charge is -2.26. The second-order valence-corrected chi connectivity index (χ2v) is 6.97. The number of methoxy groups -OCH3 is 2. The molecule has 0 saturated heterocycles. The number of ether oxygens (including phenoxy) is 4. The first-order valence-electron chi connectivity index (χ1n) is 9.05. The molecule has 2 aromatic carbocycles. The van der Waals surface area contributed by atoms with E-state index >= 15 is 0 Å². The van der Waals surface area contributed by atoms with Crippen molar-refractivity contribution in [2.45, 2.75) is 18.4 Å². The molecule has 1 amide bonds. The summed E-state index contributed by atoms with van der Waals surface area (Å²) in [6.45, 7) is 0.692. The average Bonchev–Trinajstić information content (AvgIpc) is 3.23. The van der Waals surface area contributed by atoms with Gasteiger partial charge in [-0.2, -0.15) is 5.26 Å². The number of benzene rings is 2. The molecule has 0 spiro atoms. The van der Waals surface area contributed by atoms with Gasteiger partial charge in [0.15, 0.2) is 23.0 Å². The van der Waals surface area contributed by atoms with Gasteiger partial charge in [-0.25, -0.2) is 0 Å². The molecule has 3 aliphatic rings. The van der Waals surface area contributed by atoms with Crippen molar-refractivity contribution in [1.29, 1.82) is 5.26 Å². The molecule has 2 aromatic rings. The molecule has 142 valence electrons. The van der Waals surface area contributed by atoms with Crippen LogP contribution in [0.3, 0.4) is 0 Å². The topological polar surface area (TPSA) is 81.0 Å². The Bertz CT molecular complexity index is 1040. The smallest absolute Gasteiger partial charge is 0.258 e. The number of nitrogens with zero attached hydrogens (tertiary/aromatic N) is 2. The zero-order valence-corrected chi connectivity index (χ0v) is 15.5. The zero-order valence-electron chi connectivity index (χ0n) is 15.5. The number of nitriles is 1. The van der Waals surface area contributed by atoms with Gasteiger partial charge in [0.05, 0.1) is 37.8 Å². The Balaban J connectivity index is 1.70. The summed E-state index contributed by atoms with van der Waals surface area (Å²) in [6.07, 6.45) is 0.639. The molecule has 0 radical (unpaired) electrons. The largest absolute Gasteiger partial charge is 0.493 e. The molecule has 2 atom stereocenters. The molecular weight excluding hydrogens is 360 g/mol. The Kier molecular flexibility index (Phi) is 3.63. The fourth-order valence-electron chi connectivity index (χ4n) is 4.50. The normalized spacial score (nSPS) is 21.3. The second kappa shape index (κ2) is 6.06. The Labute approximate surface area is 162 Å². The molecule has 0 fully saturated rings. The number of fused-ring (bicyclic) bond motifs is 5. The summed E-state index contributed by atoms with van der Waals surface area (Å²) in [5.41, 5.74) is 3.17. The van der Waals surface area contributed by atoms with Crippen LogP contribution < -0.4 is 18.9 Å². The Morgan fingerprint density at radius 2 is 1.93 bits per heavy atom. The summed E-state index contributed by atoms with van der Waals surface area (Å²) in [6, 6.07) is 9.52. The van der Waals surface area contributed by atoms with E-state index < -0.39 is 5.92 Å². The van der Waals surface area contributed by atoms with Crippen LogP contribution in [0.4, 0.5) is 0 Å². The highest BCUT2D eigenvalue weighted by molar-refractivity contribution is 6.03. The van der Waals surface area contributed by atoms with Crippen LogP contribution in [0.2, 0.25) is 0 Å². The van der Waals surface area contributed by atoms with E-state index in [1.54, 1.807) is 18.1 Å². The van der Waals surface area contributed by atoms with E-state index in [1.165, 1.54) is 7.11 Å². The molecule has 5 rings (SSSR count). The Morgan fingerprint density at radius 1 is 1.14 bits per heavy atom. The van der Waals surface area contributed by atoms with E-state index in [9.17, 15) is 10.1 Å². The summed E-state index contributed by atoms with van der Waals surface area (Å²) in [5.74, 6) is 1.60. The van der Waals surface area contributed by atoms with Crippen LogP contribution in [-0.2, 0) is 6.42 Å². The molecule has 7 heteroatoms. The van der Waals surface area contributed by atoms with Gasteiger partial charge in [0.2, 0.25) is 6.79 Å². The summed E-state index contributed by atoms with van der Waals surface area (Å²) < 4.78 is 21.9. The summed E-state index contributed by atoms with van der Waals surface area (Å²) in [5, 5.41) is 10.1. The van der Waals surface area contributed by atoms with Crippen molar-refractivity contribution in [2.75, 3.05) is 27.6 Å². The van der Waals surface area contributed by atoms with Gasteiger partial charge in [-0.15, -0.1) is 0 Å². The van der Waals surface area contributed by atoms with Crippen molar-refractivity contribution in [3.05, 3.63) is 46.5 Å². The molecule has 28 heavy (non-hydrogen) atoms. The molecule has 2 unspecified atom stereocenters. The van der Waals surface area contributed by atoms with Crippen LogP contribution in [0.1, 0.15) is 39.0 Å². The highest BCUT2D eigenvalue weighted by atomic mass is 16.7. The molecule has 0 aliphatic carbocycles. The quantitative estimate of drug-likeness (QED) is 0.799. The maximum atomic E-state index is 13.3. The lowest BCUT2D eigenvalue weighted by Crippen LogP contribution is -2.31. The van der Waals surface area contributed by atoms with Crippen molar-refractivity contribution in [3.8, 4) is 29.1 Å². The Morgan fingerprint density at radius 3 is 2.64 bits per heavy atom. The van der Waals surface area contributed by atoms with Crippen LogP contribution >= 0.6 is 0 Å². The number of hydrogen-bond donors (Lipinski definition) is 0. The number of carbonyl (C=O) groups excluding carboxylic acids is 1. The first-order valence-corrected chi connectivity index (χ1v) is 9.05. The predicted octanol–water partition coefficient (Wildman–Crippen LogP) is 2.79. The van der Waals surface area contributed by atoms with Crippen LogP contribution in [-0.4, -0.2) is 38.4 Å². The third-order valence-corrected chi connectivity index (χ3v) is 5.75. The van der Waals surface area contributed by atoms with Crippen molar-refractivity contribution < 1.29 is 23.7 Å². The molecule has 0 saturated carbocycles. The summed E-state index contributed by atoms with van der Waals surface area (Å²) >= 11 is 0. The maximum absolute atomic E-state index is 13.3. The van der Waals surface area contributed by atoms with E-state index in [2.05, 4.69) is 6.07 Å². The van der Waals surface area contributed by atoms with Gasteiger partial charge in [-0.3, -0.25) is 4.79 Å². The highest BCUT2D eigenvalue weighted by Gasteiger charge is 2.46. The zero-order chi connectivity index (χ0) is 19.4. The molecular formula is C21H18N2O5. The number of amides is 1. The monoisotopic (exact) mass is 378 g/mol. The number of carbonyl (C=O) groups is 1. The van der Waals surface area contributed by atoms with Gasteiger partial charge in [0.1, 0.15) is 0 Å². The van der Waals surface area contributed by atoms with E-state index in [-0.39, 0.29) is 18.7 Å². The van der Waals surface area contributed by atoms with Crippen LogP contribution in [0.25, 0.3) is 0 Å². The molecule has 0 bridgehead atoms. The lowest BCUT2D eigenvalue weighted by molar-refractivity contribution is 0.0722. The number of rotatable bonds is 2. The first-order chi connectivity index (χ1) is 13.7. The molecule has 3 aliphatic heterocycles. The minimum absolute atomic E-state index is 0.135. The van der Waals surface area contributed by atoms with Crippen LogP contribution in [0, 0.1) is 11.3 Å². The van der Waals surface area contributed by atoms with Crippen molar-refractivity contribution in [3.63, 3.8) is 0 Å². The van der Waals surface area contributed by atoms with Crippen molar-refractivity contribution in [1.82, 2.24) is 4.90 Å². The van der Waals surface area contributed by atoms with Gasteiger partial charge in [-0.1, -0.05) is 6.07 Å². The predicted molar refractivity (Wildman–Crippen MR) is 97.9 cm³/mol. The lowest BCUT2D eigenvalue weighted by atomic mass is 9.85. The second-order valence-electron chi connectivity index (χ2n) is 6.97. The first kappa shape index (κ1) is 16.8. The van der Waals surface area contributed by atoms with Gasteiger partial charge < -0.3 is 23.8 Å². The standard InChI is InChI=1S/C21H18N2O5/c1-25-15-4-3-12-18(20(15)26-2)21(24)23-6-5-11-7-16-17(28-10-27-16)8-13(11)14(9-22)19(12)23/h3-4,7-8,14,19H,5-6,10H2,1-2H3. The van der Waals surface area contributed by atoms with Gasteiger partial charge >= 0.3 is 0 Å². The Hall–Kier alpha value is -3.40. The maximum Gasteiger partial charge on any atom is 0.258 e. The van der Waals surface area contributed by atoms with Gasteiger partial charge in [0, 0.05) is 6.54 Å². The van der Waals surface area contributed by atoms with E-state index in [0.717, 1.165) is 16.7 Å². The van der Waals surface area contributed by atoms with Gasteiger partial charge in [-0.05, 0) is 41.3 Å². The van der Waals surface area contributed by atoms with E-state index in [1.807, 2.05) is 18.2 Å². The fraction of sp³-hybridized carbons (Fsp3) is 0.333. The number of hydrogen-bond acceptors (Lipinski definition) is 6. The van der Waals surface area contributed by atoms with E-state index in [4.69, 9.17) is 18.9 Å². The van der Waals surface area contributed by atoms with E-state index in [0.29, 0.717) is 41.5 Å². The van der Waals surface area contributed by atoms with Crippen molar-refractivity contribution >= 4 is 5.91 Å². The third kappa shape index (κ3) is 2.12. The SMILES string of the molecule is COc1ccc2c(c1OC)C(=O)N1CCc3cc4c(cc3C(C#N)C21)OCO4.